The molecule has 2 aromatic carbocycles. The topological polar surface area (TPSA) is 25.2 Å². The van der Waals surface area contributed by atoms with Gasteiger partial charge in [-0.05, 0) is 30.8 Å². The number of halogens is 1. The molecule has 0 saturated carbocycles. The molecule has 0 saturated heterocycles. The van der Waals surface area contributed by atoms with Crippen molar-refractivity contribution < 1.29 is 4.42 Å². The number of aryl methyl sites for hydroxylation is 1. The van der Waals surface area contributed by atoms with Crippen LogP contribution in [-0.2, 0) is 6.42 Å². The minimum Gasteiger partial charge on any atom is -0.461 e. The standard InChI is InChI=1S/C18H18BrNO/c1-3-15-17(14-6-4-5-7-16(14)21-15)18(20-2)12-8-10-13(19)11-9-12/h4-11,18,20H,3H2,1-2H3. The van der Waals surface area contributed by atoms with Crippen LogP contribution in [0.2, 0.25) is 0 Å². The molecule has 1 heterocycles. The van der Waals surface area contributed by atoms with E-state index in [9.17, 15) is 0 Å². The molecule has 3 heteroatoms. The Morgan fingerprint density at radius 3 is 2.48 bits per heavy atom. The van der Waals surface area contributed by atoms with E-state index in [0.717, 1.165) is 22.2 Å². The van der Waals surface area contributed by atoms with Gasteiger partial charge in [-0.25, -0.2) is 0 Å². The number of hydrogen-bond acceptors (Lipinski definition) is 2. The number of para-hydroxylation sites is 1. The average Bonchev–Trinajstić information content (AvgIpc) is 2.89. The Kier molecular flexibility index (Phi) is 4.13. The fourth-order valence-electron chi connectivity index (χ4n) is 2.83. The molecule has 0 aliphatic heterocycles. The van der Waals surface area contributed by atoms with E-state index < -0.39 is 0 Å². The molecule has 0 aliphatic rings. The quantitative estimate of drug-likeness (QED) is 0.715. The lowest BCUT2D eigenvalue weighted by atomic mass is 9.95. The highest BCUT2D eigenvalue weighted by Gasteiger charge is 2.21. The maximum atomic E-state index is 6.03. The van der Waals surface area contributed by atoms with E-state index in [-0.39, 0.29) is 6.04 Å². The van der Waals surface area contributed by atoms with Crippen LogP contribution in [0.4, 0.5) is 0 Å². The van der Waals surface area contributed by atoms with E-state index in [0.29, 0.717) is 0 Å². The van der Waals surface area contributed by atoms with Crippen LogP contribution in [0.25, 0.3) is 11.0 Å². The fourth-order valence-corrected chi connectivity index (χ4v) is 3.09. The molecule has 3 aromatic rings. The summed E-state index contributed by atoms with van der Waals surface area (Å²) in [5.74, 6) is 1.05. The number of rotatable bonds is 4. The Morgan fingerprint density at radius 1 is 1.10 bits per heavy atom. The van der Waals surface area contributed by atoms with Crippen molar-refractivity contribution in [3.05, 3.63) is 69.9 Å². The normalized spacial score (nSPS) is 12.7. The zero-order valence-corrected chi connectivity index (χ0v) is 13.8. The average molecular weight is 344 g/mol. The van der Waals surface area contributed by atoms with Gasteiger partial charge >= 0.3 is 0 Å². The van der Waals surface area contributed by atoms with Crippen molar-refractivity contribution in [3.8, 4) is 0 Å². The van der Waals surface area contributed by atoms with E-state index in [1.54, 1.807) is 0 Å². The van der Waals surface area contributed by atoms with Crippen LogP contribution < -0.4 is 5.32 Å². The summed E-state index contributed by atoms with van der Waals surface area (Å²) in [6, 6.07) is 16.8. The molecule has 1 N–H and O–H groups in total. The molecule has 0 spiro atoms. The predicted molar refractivity (Wildman–Crippen MR) is 90.6 cm³/mol. The Balaban J connectivity index is 2.18. The van der Waals surface area contributed by atoms with Crippen molar-refractivity contribution in [2.45, 2.75) is 19.4 Å². The van der Waals surface area contributed by atoms with Crippen molar-refractivity contribution in [1.82, 2.24) is 5.32 Å². The second-order valence-corrected chi connectivity index (χ2v) is 5.98. The SMILES string of the molecule is CCc1oc2ccccc2c1C(NC)c1ccc(Br)cc1. The van der Waals surface area contributed by atoms with Crippen LogP contribution in [0.1, 0.15) is 29.9 Å². The zero-order valence-electron chi connectivity index (χ0n) is 12.2. The van der Waals surface area contributed by atoms with Crippen molar-refractivity contribution in [2.75, 3.05) is 7.05 Å². The van der Waals surface area contributed by atoms with Crippen LogP contribution >= 0.6 is 15.9 Å². The van der Waals surface area contributed by atoms with Crippen LogP contribution in [0.5, 0.6) is 0 Å². The summed E-state index contributed by atoms with van der Waals surface area (Å²) in [5.41, 5.74) is 3.45. The van der Waals surface area contributed by atoms with Crippen molar-refractivity contribution in [3.63, 3.8) is 0 Å². The minimum absolute atomic E-state index is 0.136. The molecule has 0 radical (unpaired) electrons. The first-order valence-electron chi connectivity index (χ1n) is 7.17. The molecule has 0 amide bonds. The molecule has 1 unspecified atom stereocenters. The van der Waals surface area contributed by atoms with E-state index in [2.05, 4.69) is 64.6 Å². The first-order valence-corrected chi connectivity index (χ1v) is 7.97. The third-order valence-electron chi connectivity index (χ3n) is 3.81. The van der Waals surface area contributed by atoms with Crippen molar-refractivity contribution >= 4 is 26.9 Å². The van der Waals surface area contributed by atoms with Gasteiger partial charge in [0.2, 0.25) is 0 Å². The van der Waals surface area contributed by atoms with Gasteiger partial charge in [-0.3, -0.25) is 0 Å². The molecule has 1 aromatic heterocycles. The second kappa shape index (κ2) is 6.04. The Bertz CT molecular complexity index is 746. The minimum atomic E-state index is 0.136. The number of benzene rings is 2. The van der Waals surface area contributed by atoms with Gasteiger partial charge in [-0.15, -0.1) is 0 Å². The summed E-state index contributed by atoms with van der Waals surface area (Å²) < 4.78 is 7.12. The molecule has 0 fully saturated rings. The molecular formula is C18H18BrNO. The highest BCUT2D eigenvalue weighted by molar-refractivity contribution is 9.10. The largest absolute Gasteiger partial charge is 0.461 e. The van der Waals surface area contributed by atoms with Gasteiger partial charge in [0.25, 0.3) is 0 Å². The predicted octanol–water partition coefficient (Wildman–Crippen LogP) is 5.07. The lowest BCUT2D eigenvalue weighted by Gasteiger charge is -2.17. The van der Waals surface area contributed by atoms with Gasteiger partial charge in [-0.2, -0.15) is 0 Å². The van der Waals surface area contributed by atoms with E-state index in [1.165, 1.54) is 16.5 Å². The first kappa shape index (κ1) is 14.4. The monoisotopic (exact) mass is 343 g/mol. The van der Waals surface area contributed by atoms with E-state index >= 15 is 0 Å². The molecule has 21 heavy (non-hydrogen) atoms. The van der Waals surface area contributed by atoms with Crippen LogP contribution in [0, 0.1) is 0 Å². The lowest BCUT2D eigenvalue weighted by molar-refractivity contribution is 0.539. The first-order chi connectivity index (χ1) is 10.2. The third kappa shape index (κ3) is 2.63. The molecule has 0 bridgehead atoms. The smallest absolute Gasteiger partial charge is 0.134 e. The summed E-state index contributed by atoms with van der Waals surface area (Å²) in [6.07, 6.45) is 0.888. The number of furan rings is 1. The molecular weight excluding hydrogens is 326 g/mol. The highest BCUT2D eigenvalue weighted by Crippen LogP contribution is 2.34. The number of hydrogen-bond donors (Lipinski definition) is 1. The maximum absolute atomic E-state index is 6.03. The van der Waals surface area contributed by atoms with Crippen LogP contribution in [0.15, 0.2) is 57.4 Å². The van der Waals surface area contributed by atoms with Gasteiger partial charge in [0.1, 0.15) is 11.3 Å². The molecule has 108 valence electrons. The van der Waals surface area contributed by atoms with Crippen molar-refractivity contribution in [1.29, 1.82) is 0 Å². The summed E-state index contributed by atoms with van der Waals surface area (Å²) in [6.45, 7) is 2.13. The van der Waals surface area contributed by atoms with Gasteiger partial charge in [0, 0.05) is 21.8 Å². The molecule has 1 atom stereocenters. The summed E-state index contributed by atoms with van der Waals surface area (Å²) in [5, 5.41) is 4.62. The van der Waals surface area contributed by atoms with E-state index in [4.69, 9.17) is 4.42 Å². The molecule has 2 nitrogen and oxygen atoms in total. The van der Waals surface area contributed by atoms with Gasteiger partial charge in [-0.1, -0.05) is 53.2 Å². The third-order valence-corrected chi connectivity index (χ3v) is 4.34. The summed E-state index contributed by atoms with van der Waals surface area (Å²) in [7, 11) is 1.99. The summed E-state index contributed by atoms with van der Waals surface area (Å²) >= 11 is 3.49. The molecule has 3 rings (SSSR count). The van der Waals surface area contributed by atoms with Crippen molar-refractivity contribution in [2.24, 2.45) is 0 Å². The highest BCUT2D eigenvalue weighted by atomic mass is 79.9. The fraction of sp³-hybridized carbons (Fsp3) is 0.222. The molecule has 0 aliphatic carbocycles. The van der Waals surface area contributed by atoms with Crippen LogP contribution in [0.3, 0.4) is 0 Å². The Hall–Kier alpha value is -1.58. The Morgan fingerprint density at radius 2 is 1.81 bits per heavy atom. The maximum Gasteiger partial charge on any atom is 0.134 e. The van der Waals surface area contributed by atoms with Crippen LogP contribution in [-0.4, -0.2) is 7.05 Å². The van der Waals surface area contributed by atoms with Gasteiger partial charge in [0.05, 0.1) is 6.04 Å². The van der Waals surface area contributed by atoms with E-state index in [1.807, 2.05) is 19.2 Å². The van der Waals surface area contributed by atoms with Gasteiger partial charge < -0.3 is 9.73 Å². The lowest BCUT2D eigenvalue weighted by Crippen LogP contribution is -2.18. The Labute approximate surface area is 133 Å². The summed E-state index contributed by atoms with van der Waals surface area (Å²) in [4.78, 5) is 0. The second-order valence-electron chi connectivity index (χ2n) is 5.06. The van der Waals surface area contributed by atoms with Gasteiger partial charge in [0.15, 0.2) is 0 Å². The number of nitrogens with one attached hydrogen (secondary N) is 1. The zero-order chi connectivity index (χ0) is 14.8. The number of fused-ring (bicyclic) bond motifs is 1.